The zero-order valence-corrected chi connectivity index (χ0v) is 13.3. The van der Waals surface area contributed by atoms with Crippen molar-refractivity contribution in [2.75, 3.05) is 6.54 Å². The Balaban J connectivity index is 1.57. The highest BCUT2D eigenvalue weighted by atomic mass is 19.1. The third-order valence-corrected chi connectivity index (χ3v) is 3.76. The van der Waals surface area contributed by atoms with Crippen LogP contribution in [0.15, 0.2) is 61.2 Å². The number of aliphatic hydroxyl groups is 1. The lowest BCUT2D eigenvalue weighted by Crippen LogP contribution is -2.25. The van der Waals surface area contributed by atoms with Crippen LogP contribution in [0.3, 0.4) is 0 Å². The van der Waals surface area contributed by atoms with Gasteiger partial charge >= 0.3 is 0 Å². The Morgan fingerprint density at radius 2 is 2.04 bits per heavy atom. The molecular formula is C18H17FN4O2. The van der Waals surface area contributed by atoms with Crippen LogP contribution in [-0.4, -0.2) is 32.3 Å². The lowest BCUT2D eigenvalue weighted by atomic mass is 10.1. The minimum Gasteiger partial charge on any atom is -0.388 e. The molecule has 2 N–H and O–H groups in total. The molecule has 3 aromatic rings. The summed E-state index contributed by atoms with van der Waals surface area (Å²) in [4.78, 5) is 15.9. The summed E-state index contributed by atoms with van der Waals surface area (Å²) in [6, 6.07) is 13.3. The van der Waals surface area contributed by atoms with Crippen LogP contribution in [0.1, 0.15) is 28.4 Å². The highest BCUT2D eigenvalue weighted by molar-refractivity contribution is 5.94. The third kappa shape index (κ3) is 4.07. The van der Waals surface area contributed by atoms with Gasteiger partial charge in [-0.15, -0.1) is 0 Å². The number of hydrogen-bond acceptors (Lipinski definition) is 4. The summed E-state index contributed by atoms with van der Waals surface area (Å²) in [5.41, 5.74) is 1.21. The molecule has 0 saturated carbocycles. The maximum Gasteiger partial charge on any atom is 0.251 e. The molecule has 1 amide bonds. The molecule has 0 aliphatic carbocycles. The molecule has 0 aliphatic rings. The normalized spacial score (nSPS) is 11.9. The van der Waals surface area contributed by atoms with Crippen molar-refractivity contribution in [2.45, 2.75) is 12.5 Å². The third-order valence-electron chi connectivity index (χ3n) is 3.76. The molecule has 7 heteroatoms. The van der Waals surface area contributed by atoms with Crippen molar-refractivity contribution in [3.63, 3.8) is 0 Å². The van der Waals surface area contributed by atoms with E-state index >= 15 is 0 Å². The van der Waals surface area contributed by atoms with Gasteiger partial charge in [0.25, 0.3) is 5.91 Å². The molecule has 6 nitrogen and oxygen atoms in total. The van der Waals surface area contributed by atoms with Crippen LogP contribution in [0.5, 0.6) is 0 Å². The van der Waals surface area contributed by atoms with Crippen molar-refractivity contribution < 1.29 is 14.3 Å². The second kappa shape index (κ2) is 7.67. The molecule has 1 unspecified atom stereocenters. The predicted molar refractivity (Wildman–Crippen MR) is 89.7 cm³/mol. The Morgan fingerprint density at radius 1 is 1.24 bits per heavy atom. The number of benzene rings is 2. The molecule has 25 heavy (non-hydrogen) atoms. The molecule has 1 aromatic heterocycles. The number of nitrogens with zero attached hydrogens (tertiary/aromatic N) is 3. The first-order valence-corrected chi connectivity index (χ1v) is 7.81. The van der Waals surface area contributed by atoms with E-state index in [1.165, 1.54) is 29.5 Å². The largest absolute Gasteiger partial charge is 0.388 e. The summed E-state index contributed by atoms with van der Waals surface area (Å²) in [5.74, 6) is -0.966. The molecule has 3 rings (SSSR count). The van der Waals surface area contributed by atoms with Crippen molar-refractivity contribution in [1.82, 2.24) is 20.1 Å². The van der Waals surface area contributed by atoms with Crippen molar-refractivity contribution in [3.8, 4) is 5.69 Å². The second-order valence-electron chi connectivity index (χ2n) is 5.48. The standard InChI is InChI=1S/C18H17FN4O2/c19-15-10-14(6-7-16(15)23-12-20-11-22-23)18(25)21-9-8-17(24)13-4-2-1-3-5-13/h1-7,10-12,17,24H,8-9H2,(H,21,25). The summed E-state index contributed by atoms with van der Waals surface area (Å²) in [6.45, 7) is 0.279. The molecular weight excluding hydrogens is 323 g/mol. The van der Waals surface area contributed by atoms with E-state index in [1.807, 2.05) is 30.3 Å². The van der Waals surface area contributed by atoms with E-state index < -0.39 is 17.8 Å². The Labute approximate surface area is 144 Å². The maximum atomic E-state index is 14.1. The number of halogens is 1. The number of rotatable bonds is 6. The molecule has 0 radical (unpaired) electrons. The van der Waals surface area contributed by atoms with Gasteiger partial charge in [0.05, 0.1) is 6.10 Å². The molecule has 0 aliphatic heterocycles. The van der Waals surface area contributed by atoms with E-state index in [4.69, 9.17) is 0 Å². The molecule has 0 bridgehead atoms. The molecule has 0 fully saturated rings. The van der Waals surface area contributed by atoms with Gasteiger partial charge in [0.15, 0.2) is 0 Å². The van der Waals surface area contributed by atoms with Crippen molar-refractivity contribution in [2.24, 2.45) is 0 Å². The van der Waals surface area contributed by atoms with Crippen LogP contribution < -0.4 is 5.32 Å². The number of hydrogen-bond donors (Lipinski definition) is 2. The van der Waals surface area contributed by atoms with Crippen molar-refractivity contribution >= 4 is 5.91 Å². The molecule has 2 aromatic carbocycles. The first-order valence-electron chi connectivity index (χ1n) is 7.81. The molecule has 128 valence electrons. The Hall–Kier alpha value is -3.06. The van der Waals surface area contributed by atoms with Gasteiger partial charge in [0, 0.05) is 12.1 Å². The van der Waals surface area contributed by atoms with Gasteiger partial charge in [-0.05, 0) is 30.2 Å². The zero-order valence-electron chi connectivity index (χ0n) is 13.3. The summed E-state index contributed by atoms with van der Waals surface area (Å²) in [5, 5.41) is 16.6. The highest BCUT2D eigenvalue weighted by Crippen LogP contribution is 2.16. The lowest BCUT2D eigenvalue weighted by Gasteiger charge is -2.12. The van der Waals surface area contributed by atoms with Gasteiger partial charge in [0.2, 0.25) is 0 Å². The number of aromatic nitrogens is 3. The number of aliphatic hydroxyl groups excluding tert-OH is 1. The summed E-state index contributed by atoms with van der Waals surface area (Å²) in [6.07, 6.45) is 2.39. The van der Waals surface area contributed by atoms with E-state index in [1.54, 1.807) is 0 Å². The van der Waals surface area contributed by atoms with E-state index in [9.17, 15) is 14.3 Å². The van der Waals surface area contributed by atoms with Crippen LogP contribution in [0, 0.1) is 5.82 Å². The van der Waals surface area contributed by atoms with Crippen molar-refractivity contribution in [1.29, 1.82) is 0 Å². The average Bonchev–Trinajstić information content (AvgIpc) is 3.16. The number of amides is 1. The SMILES string of the molecule is O=C(NCCC(O)c1ccccc1)c1ccc(-n2cncn2)c(F)c1. The van der Waals surface area contributed by atoms with Gasteiger partial charge < -0.3 is 10.4 Å². The summed E-state index contributed by atoms with van der Waals surface area (Å²) < 4.78 is 15.4. The van der Waals surface area contributed by atoms with E-state index in [0.29, 0.717) is 6.42 Å². The summed E-state index contributed by atoms with van der Waals surface area (Å²) in [7, 11) is 0. The van der Waals surface area contributed by atoms with E-state index in [-0.39, 0.29) is 17.8 Å². The Kier molecular flexibility index (Phi) is 5.15. The number of carbonyl (C=O) groups is 1. The molecule has 1 heterocycles. The van der Waals surface area contributed by atoms with Crippen LogP contribution in [0.4, 0.5) is 4.39 Å². The van der Waals surface area contributed by atoms with Crippen LogP contribution in [-0.2, 0) is 0 Å². The Morgan fingerprint density at radius 3 is 2.72 bits per heavy atom. The number of carbonyl (C=O) groups excluding carboxylic acids is 1. The van der Waals surface area contributed by atoms with Gasteiger partial charge in [-0.2, -0.15) is 5.10 Å². The second-order valence-corrected chi connectivity index (χ2v) is 5.48. The van der Waals surface area contributed by atoms with Gasteiger partial charge in [-0.25, -0.2) is 14.1 Å². The fraction of sp³-hybridized carbons (Fsp3) is 0.167. The van der Waals surface area contributed by atoms with Gasteiger partial charge in [-0.3, -0.25) is 4.79 Å². The molecule has 0 saturated heterocycles. The zero-order chi connectivity index (χ0) is 17.6. The minimum atomic E-state index is -0.659. The Bertz CT molecular complexity index is 838. The fourth-order valence-electron chi connectivity index (χ4n) is 2.43. The summed E-state index contributed by atoms with van der Waals surface area (Å²) >= 11 is 0. The first-order chi connectivity index (χ1) is 12.1. The lowest BCUT2D eigenvalue weighted by molar-refractivity contribution is 0.0942. The highest BCUT2D eigenvalue weighted by Gasteiger charge is 2.12. The quantitative estimate of drug-likeness (QED) is 0.721. The van der Waals surface area contributed by atoms with E-state index in [0.717, 1.165) is 11.6 Å². The van der Waals surface area contributed by atoms with Crippen LogP contribution in [0.2, 0.25) is 0 Å². The molecule has 1 atom stereocenters. The monoisotopic (exact) mass is 340 g/mol. The number of nitrogens with one attached hydrogen (secondary N) is 1. The average molecular weight is 340 g/mol. The topological polar surface area (TPSA) is 80.0 Å². The predicted octanol–water partition coefficient (Wildman–Crippen LogP) is 2.26. The fourth-order valence-corrected chi connectivity index (χ4v) is 2.43. The smallest absolute Gasteiger partial charge is 0.251 e. The minimum absolute atomic E-state index is 0.204. The van der Waals surface area contributed by atoms with Gasteiger partial charge in [-0.1, -0.05) is 30.3 Å². The van der Waals surface area contributed by atoms with Crippen LogP contribution in [0.25, 0.3) is 5.69 Å². The molecule has 0 spiro atoms. The van der Waals surface area contributed by atoms with E-state index in [2.05, 4.69) is 15.4 Å². The van der Waals surface area contributed by atoms with Crippen LogP contribution >= 0.6 is 0 Å². The first kappa shape index (κ1) is 16.8. The van der Waals surface area contributed by atoms with Crippen molar-refractivity contribution in [3.05, 3.63) is 78.1 Å². The van der Waals surface area contributed by atoms with Gasteiger partial charge in [0.1, 0.15) is 24.2 Å². The maximum absolute atomic E-state index is 14.1.